The van der Waals surface area contributed by atoms with Gasteiger partial charge in [0.25, 0.3) is 5.56 Å². The lowest BCUT2D eigenvalue weighted by molar-refractivity contribution is 0.358. The molecule has 1 aliphatic carbocycles. The van der Waals surface area contributed by atoms with E-state index in [-0.39, 0.29) is 21.5 Å². The molecule has 2 aromatic heterocycles. The zero-order valence-electron chi connectivity index (χ0n) is 16.2. The van der Waals surface area contributed by atoms with E-state index in [1.165, 1.54) is 18.3 Å². The van der Waals surface area contributed by atoms with Crippen molar-refractivity contribution in [1.29, 1.82) is 5.26 Å². The van der Waals surface area contributed by atoms with Crippen LogP contribution < -0.4 is 20.7 Å². The molecule has 4 rings (SSSR count). The van der Waals surface area contributed by atoms with Crippen LogP contribution in [0.1, 0.15) is 36.4 Å². The summed E-state index contributed by atoms with van der Waals surface area (Å²) in [6.07, 6.45) is 4.78. The van der Waals surface area contributed by atoms with E-state index in [9.17, 15) is 9.59 Å². The zero-order valence-corrected chi connectivity index (χ0v) is 17.7. The number of aromatic amines is 1. The van der Waals surface area contributed by atoms with Gasteiger partial charge in [-0.1, -0.05) is 29.6 Å². The van der Waals surface area contributed by atoms with Gasteiger partial charge in [0.1, 0.15) is 11.8 Å². The van der Waals surface area contributed by atoms with E-state index in [4.69, 9.17) is 37.9 Å². The van der Waals surface area contributed by atoms with E-state index in [0.29, 0.717) is 17.5 Å². The van der Waals surface area contributed by atoms with Crippen LogP contribution in [0.15, 0.2) is 34.0 Å². The Bertz CT molecular complexity index is 1300. The number of halogens is 2. The number of nitrogens with one attached hydrogen (secondary N) is 1. The minimum Gasteiger partial charge on any atom is -0.481 e. The summed E-state index contributed by atoms with van der Waals surface area (Å²) >= 11 is 12.7. The summed E-state index contributed by atoms with van der Waals surface area (Å²) in [7, 11) is 1.57. The number of rotatable bonds is 5. The van der Waals surface area contributed by atoms with Crippen LogP contribution in [0.3, 0.4) is 0 Å². The fourth-order valence-corrected chi connectivity index (χ4v) is 3.77. The molecule has 0 spiro atoms. The molecule has 1 saturated carbocycles. The van der Waals surface area contributed by atoms with Crippen LogP contribution in [-0.2, 0) is 0 Å². The number of pyridine rings is 1. The van der Waals surface area contributed by atoms with Crippen LogP contribution in [0.2, 0.25) is 10.0 Å². The minimum absolute atomic E-state index is 0.0990. The van der Waals surface area contributed by atoms with Crippen LogP contribution in [0, 0.1) is 11.3 Å². The molecule has 1 aromatic carbocycles. The highest BCUT2D eigenvalue weighted by Gasteiger charge is 2.25. The number of methoxy groups -OCH3 is 1. The Morgan fingerprint density at radius 3 is 2.52 bits per heavy atom. The maximum absolute atomic E-state index is 12.1. The Hall–Kier alpha value is -3.35. The third kappa shape index (κ3) is 4.00. The second kappa shape index (κ2) is 8.41. The number of aromatic nitrogens is 4. The second-order valence-electron chi connectivity index (χ2n) is 6.87. The first-order valence-corrected chi connectivity index (χ1v) is 10.0. The molecule has 158 valence electrons. The smallest absolute Gasteiger partial charge is 0.349 e. The third-order valence-corrected chi connectivity index (χ3v) is 5.53. The van der Waals surface area contributed by atoms with E-state index >= 15 is 0 Å². The van der Waals surface area contributed by atoms with Crippen LogP contribution in [-0.4, -0.2) is 26.9 Å². The van der Waals surface area contributed by atoms with Crippen LogP contribution in [0.5, 0.6) is 17.4 Å². The van der Waals surface area contributed by atoms with Crippen molar-refractivity contribution in [3.05, 3.63) is 66.5 Å². The standard InChI is InChI=1S/C20H15Cl2N5O4/c1-30-19-13(10-3-2-4-10)7-12(9-24-19)31-17-14(21)5-11(6-15(17)22)27-20(29)25-18(28)16(8-23)26-27/h5-7,9-10H,2-4H2,1H3,(H,25,28,29). The molecule has 0 unspecified atom stereocenters. The SMILES string of the molecule is COc1ncc(Oc2c(Cl)cc(-n3nc(C#N)c(=O)[nH]c3=O)cc2Cl)cc1C1CCC1. The molecule has 1 aliphatic rings. The highest BCUT2D eigenvalue weighted by Crippen LogP contribution is 2.43. The van der Waals surface area contributed by atoms with Crippen molar-refractivity contribution in [2.45, 2.75) is 25.2 Å². The summed E-state index contributed by atoms with van der Waals surface area (Å²) in [5.41, 5.74) is -1.07. The molecule has 9 nitrogen and oxygen atoms in total. The number of nitriles is 1. The molecule has 0 amide bonds. The minimum atomic E-state index is -0.879. The number of hydrogen-bond donors (Lipinski definition) is 1. The first-order valence-electron chi connectivity index (χ1n) is 9.26. The molecule has 1 N–H and O–H groups in total. The van der Waals surface area contributed by atoms with E-state index in [1.807, 2.05) is 11.1 Å². The van der Waals surface area contributed by atoms with Crippen molar-refractivity contribution in [1.82, 2.24) is 19.7 Å². The fraction of sp³-hybridized carbons (Fsp3) is 0.250. The molecule has 11 heteroatoms. The van der Waals surface area contributed by atoms with Gasteiger partial charge in [0, 0.05) is 5.56 Å². The first kappa shape index (κ1) is 20.9. The number of benzene rings is 1. The van der Waals surface area contributed by atoms with Gasteiger partial charge >= 0.3 is 5.69 Å². The number of nitrogens with zero attached hydrogens (tertiary/aromatic N) is 4. The largest absolute Gasteiger partial charge is 0.481 e. The van der Waals surface area contributed by atoms with E-state index in [1.54, 1.807) is 13.2 Å². The summed E-state index contributed by atoms with van der Waals surface area (Å²) in [5.74, 6) is 1.52. The molecule has 3 aromatic rings. The molecule has 1 fully saturated rings. The molecule has 2 heterocycles. The lowest BCUT2D eigenvalue weighted by atomic mass is 9.80. The maximum Gasteiger partial charge on any atom is 0.349 e. The molecule has 0 aliphatic heterocycles. The Kier molecular flexibility index (Phi) is 5.67. The third-order valence-electron chi connectivity index (χ3n) is 4.97. The topological polar surface area (TPSA) is 123 Å². The molecule has 0 radical (unpaired) electrons. The number of ether oxygens (including phenoxy) is 2. The van der Waals surface area contributed by atoms with E-state index < -0.39 is 16.9 Å². The Morgan fingerprint density at radius 2 is 1.94 bits per heavy atom. The monoisotopic (exact) mass is 459 g/mol. The molecule has 0 atom stereocenters. The summed E-state index contributed by atoms with van der Waals surface area (Å²) in [5, 5.41) is 12.9. The van der Waals surface area contributed by atoms with Gasteiger partial charge in [-0.3, -0.25) is 9.78 Å². The Labute approximate surface area is 185 Å². The Morgan fingerprint density at radius 1 is 1.23 bits per heavy atom. The number of H-pyrrole nitrogens is 1. The Balaban J connectivity index is 1.70. The van der Waals surface area contributed by atoms with Gasteiger partial charge in [0.15, 0.2) is 5.75 Å². The zero-order chi connectivity index (χ0) is 22.1. The second-order valence-corrected chi connectivity index (χ2v) is 7.68. The van der Waals surface area contributed by atoms with Gasteiger partial charge in [-0.25, -0.2) is 9.78 Å². The lowest BCUT2D eigenvalue weighted by Gasteiger charge is -2.27. The van der Waals surface area contributed by atoms with Gasteiger partial charge in [-0.2, -0.15) is 9.94 Å². The summed E-state index contributed by atoms with van der Waals surface area (Å²) < 4.78 is 12.1. The van der Waals surface area contributed by atoms with Crippen molar-refractivity contribution >= 4 is 23.2 Å². The molecule has 0 saturated heterocycles. The highest BCUT2D eigenvalue weighted by molar-refractivity contribution is 6.37. The average Bonchev–Trinajstić information content (AvgIpc) is 2.69. The normalized spacial score (nSPS) is 13.4. The fourth-order valence-electron chi connectivity index (χ4n) is 3.22. The number of hydrogen-bond acceptors (Lipinski definition) is 7. The quantitative estimate of drug-likeness (QED) is 0.618. The van der Waals surface area contributed by atoms with Crippen molar-refractivity contribution < 1.29 is 9.47 Å². The van der Waals surface area contributed by atoms with Gasteiger partial charge in [0.05, 0.1) is 29.0 Å². The van der Waals surface area contributed by atoms with Gasteiger partial charge in [-0.05, 0) is 37.0 Å². The van der Waals surface area contributed by atoms with Crippen LogP contribution in [0.4, 0.5) is 0 Å². The van der Waals surface area contributed by atoms with Crippen molar-refractivity contribution in [2.24, 2.45) is 0 Å². The van der Waals surface area contributed by atoms with E-state index in [0.717, 1.165) is 29.5 Å². The molecular weight excluding hydrogens is 445 g/mol. The van der Waals surface area contributed by atoms with Crippen molar-refractivity contribution in [2.75, 3.05) is 7.11 Å². The highest BCUT2D eigenvalue weighted by atomic mass is 35.5. The van der Waals surface area contributed by atoms with Gasteiger partial charge < -0.3 is 9.47 Å². The molecule has 31 heavy (non-hydrogen) atoms. The average molecular weight is 460 g/mol. The van der Waals surface area contributed by atoms with Crippen molar-refractivity contribution in [3.8, 4) is 29.1 Å². The van der Waals surface area contributed by atoms with Gasteiger partial charge in [0.2, 0.25) is 11.6 Å². The molecular formula is C20H15Cl2N5O4. The maximum atomic E-state index is 12.1. The summed E-state index contributed by atoms with van der Waals surface area (Å²) in [6, 6.07) is 6.25. The van der Waals surface area contributed by atoms with Crippen LogP contribution >= 0.6 is 23.2 Å². The predicted octanol–water partition coefficient (Wildman–Crippen LogP) is 3.56. The first-order chi connectivity index (χ1) is 14.9. The summed E-state index contributed by atoms with van der Waals surface area (Å²) in [4.78, 5) is 30.0. The van der Waals surface area contributed by atoms with Crippen molar-refractivity contribution in [3.63, 3.8) is 0 Å². The van der Waals surface area contributed by atoms with Crippen LogP contribution in [0.25, 0.3) is 5.69 Å². The van der Waals surface area contributed by atoms with Gasteiger partial charge in [-0.15, -0.1) is 5.10 Å². The summed E-state index contributed by atoms with van der Waals surface area (Å²) in [6.45, 7) is 0. The predicted molar refractivity (Wildman–Crippen MR) is 113 cm³/mol. The van der Waals surface area contributed by atoms with E-state index in [2.05, 4.69) is 10.1 Å². The molecule has 0 bridgehead atoms. The lowest BCUT2D eigenvalue weighted by Crippen LogP contribution is -2.33.